The number of nitrogens with one attached hydrogen (secondary N) is 1. The molecule has 2 N–H and O–H groups in total. The average Bonchev–Trinajstić information content (AvgIpc) is 2.25. The van der Waals surface area contributed by atoms with Gasteiger partial charge >= 0.3 is 5.97 Å². The van der Waals surface area contributed by atoms with Gasteiger partial charge in [-0.25, -0.2) is 0 Å². The van der Waals surface area contributed by atoms with E-state index in [0.717, 1.165) is 12.8 Å². The van der Waals surface area contributed by atoms with Gasteiger partial charge in [0.2, 0.25) is 5.91 Å². The highest BCUT2D eigenvalue weighted by Gasteiger charge is 2.35. The minimum absolute atomic E-state index is 0.0826. The van der Waals surface area contributed by atoms with Crippen LogP contribution in [0.25, 0.3) is 0 Å². The first-order valence-corrected chi connectivity index (χ1v) is 6.03. The minimum atomic E-state index is -0.829. The van der Waals surface area contributed by atoms with E-state index in [9.17, 15) is 9.59 Å². The van der Waals surface area contributed by atoms with Crippen LogP contribution in [0.5, 0.6) is 0 Å². The first-order chi connectivity index (χ1) is 7.52. The Labute approximate surface area is 96.4 Å². The third-order valence-electron chi connectivity index (χ3n) is 3.10. The first kappa shape index (κ1) is 13.0. The number of carbonyl (C=O) groups is 2. The molecule has 0 unspecified atom stereocenters. The van der Waals surface area contributed by atoms with Gasteiger partial charge in [-0.15, -0.1) is 0 Å². The first-order valence-electron chi connectivity index (χ1n) is 6.03. The van der Waals surface area contributed by atoms with E-state index >= 15 is 0 Å². The zero-order valence-electron chi connectivity index (χ0n) is 10.0. The topological polar surface area (TPSA) is 66.4 Å². The number of rotatable bonds is 4. The van der Waals surface area contributed by atoms with E-state index in [1.54, 1.807) is 0 Å². The van der Waals surface area contributed by atoms with E-state index in [1.165, 1.54) is 0 Å². The molecule has 0 aromatic carbocycles. The van der Waals surface area contributed by atoms with Crippen molar-refractivity contribution in [2.75, 3.05) is 6.54 Å². The number of hydrogen-bond donors (Lipinski definition) is 2. The van der Waals surface area contributed by atoms with Crippen molar-refractivity contribution < 1.29 is 14.7 Å². The molecule has 0 heterocycles. The molecule has 1 aliphatic rings. The van der Waals surface area contributed by atoms with Crippen LogP contribution >= 0.6 is 0 Å². The molecule has 0 radical (unpaired) electrons. The van der Waals surface area contributed by atoms with Crippen molar-refractivity contribution in [1.82, 2.24) is 5.32 Å². The highest BCUT2D eigenvalue weighted by molar-refractivity contribution is 5.84. The molecule has 1 aliphatic carbocycles. The van der Waals surface area contributed by atoms with E-state index in [1.807, 2.05) is 13.8 Å². The van der Waals surface area contributed by atoms with Gasteiger partial charge in [0.1, 0.15) is 0 Å². The number of carboxylic acids is 1. The highest BCUT2D eigenvalue weighted by atomic mass is 16.4. The quantitative estimate of drug-likeness (QED) is 0.767. The Kier molecular flexibility index (Phi) is 4.77. The molecule has 0 aliphatic heterocycles. The Morgan fingerprint density at radius 2 is 1.81 bits per heavy atom. The fourth-order valence-corrected chi connectivity index (χ4v) is 2.18. The molecule has 2 atom stereocenters. The molecule has 0 spiro atoms. The second-order valence-electron chi connectivity index (χ2n) is 4.97. The Bertz CT molecular complexity index is 263. The van der Waals surface area contributed by atoms with Crippen molar-refractivity contribution in [1.29, 1.82) is 0 Å². The van der Waals surface area contributed by atoms with Crippen LogP contribution in [0.15, 0.2) is 0 Å². The highest BCUT2D eigenvalue weighted by Crippen LogP contribution is 2.30. The molecule has 0 aromatic rings. The van der Waals surface area contributed by atoms with Crippen LogP contribution in [0.1, 0.15) is 39.5 Å². The molecular weight excluding hydrogens is 206 g/mol. The predicted octanol–water partition coefficient (Wildman–Crippen LogP) is 1.65. The van der Waals surface area contributed by atoms with Crippen LogP contribution in [0.2, 0.25) is 0 Å². The van der Waals surface area contributed by atoms with E-state index in [-0.39, 0.29) is 11.8 Å². The normalized spacial score (nSPS) is 25.4. The zero-order valence-corrected chi connectivity index (χ0v) is 10.0. The predicted molar refractivity (Wildman–Crippen MR) is 60.9 cm³/mol. The van der Waals surface area contributed by atoms with Gasteiger partial charge in [0, 0.05) is 6.54 Å². The van der Waals surface area contributed by atoms with E-state index in [0.29, 0.717) is 25.3 Å². The Morgan fingerprint density at radius 3 is 2.31 bits per heavy atom. The van der Waals surface area contributed by atoms with Crippen LogP contribution in [0.3, 0.4) is 0 Å². The third-order valence-corrected chi connectivity index (χ3v) is 3.10. The van der Waals surface area contributed by atoms with Gasteiger partial charge in [-0.1, -0.05) is 26.7 Å². The fraction of sp³-hybridized carbons (Fsp3) is 0.833. The second-order valence-corrected chi connectivity index (χ2v) is 4.97. The Morgan fingerprint density at radius 1 is 1.25 bits per heavy atom. The number of amides is 1. The number of carbonyl (C=O) groups excluding carboxylic acids is 1. The zero-order chi connectivity index (χ0) is 12.1. The monoisotopic (exact) mass is 227 g/mol. The van der Waals surface area contributed by atoms with Crippen LogP contribution in [-0.2, 0) is 9.59 Å². The van der Waals surface area contributed by atoms with E-state index in [4.69, 9.17) is 5.11 Å². The molecular formula is C12H21NO3. The van der Waals surface area contributed by atoms with Crippen molar-refractivity contribution in [3.05, 3.63) is 0 Å². The van der Waals surface area contributed by atoms with Gasteiger partial charge in [0.15, 0.2) is 0 Å². The number of aliphatic carboxylic acids is 1. The summed E-state index contributed by atoms with van der Waals surface area (Å²) >= 11 is 0. The maximum Gasteiger partial charge on any atom is 0.307 e. The number of carboxylic acid groups (broad SMARTS) is 1. The van der Waals surface area contributed by atoms with Gasteiger partial charge < -0.3 is 10.4 Å². The molecule has 92 valence electrons. The molecule has 0 aromatic heterocycles. The summed E-state index contributed by atoms with van der Waals surface area (Å²) in [7, 11) is 0. The maximum atomic E-state index is 11.8. The summed E-state index contributed by atoms with van der Waals surface area (Å²) in [4.78, 5) is 22.9. The smallest absolute Gasteiger partial charge is 0.307 e. The molecule has 16 heavy (non-hydrogen) atoms. The third kappa shape index (κ3) is 3.51. The van der Waals surface area contributed by atoms with Crippen molar-refractivity contribution >= 4 is 11.9 Å². The summed E-state index contributed by atoms with van der Waals surface area (Å²) in [5.41, 5.74) is 0. The SMILES string of the molecule is CC(C)CNC(=O)[C@@H]1CCCC[C@@H]1C(=O)O. The van der Waals surface area contributed by atoms with E-state index < -0.39 is 11.9 Å². The van der Waals surface area contributed by atoms with Crippen molar-refractivity contribution in [2.24, 2.45) is 17.8 Å². The van der Waals surface area contributed by atoms with Gasteiger partial charge in [0.05, 0.1) is 11.8 Å². The molecule has 4 heteroatoms. The molecule has 1 saturated carbocycles. The summed E-state index contributed by atoms with van der Waals surface area (Å²) in [6.45, 7) is 4.67. The lowest BCUT2D eigenvalue weighted by Crippen LogP contribution is -2.40. The van der Waals surface area contributed by atoms with Crippen molar-refractivity contribution in [3.8, 4) is 0 Å². The summed E-state index contributed by atoms with van der Waals surface area (Å²) in [5, 5.41) is 11.9. The van der Waals surface area contributed by atoms with Crippen LogP contribution < -0.4 is 5.32 Å². The molecule has 1 rings (SSSR count). The van der Waals surface area contributed by atoms with Crippen molar-refractivity contribution in [3.63, 3.8) is 0 Å². The Balaban J connectivity index is 2.54. The molecule has 0 bridgehead atoms. The molecule has 1 fully saturated rings. The largest absolute Gasteiger partial charge is 0.481 e. The summed E-state index contributed by atoms with van der Waals surface area (Å²) in [5.74, 6) is -1.33. The summed E-state index contributed by atoms with van der Waals surface area (Å²) in [6.07, 6.45) is 3.23. The molecule has 4 nitrogen and oxygen atoms in total. The lowest BCUT2D eigenvalue weighted by atomic mass is 9.78. The maximum absolute atomic E-state index is 11.8. The summed E-state index contributed by atoms with van der Waals surface area (Å²) < 4.78 is 0. The molecule has 0 saturated heterocycles. The standard InChI is InChI=1S/C12H21NO3/c1-8(2)7-13-11(14)9-5-3-4-6-10(9)12(15)16/h8-10H,3-7H2,1-2H3,(H,13,14)(H,15,16)/t9-,10+/m1/s1. The minimum Gasteiger partial charge on any atom is -0.481 e. The van der Waals surface area contributed by atoms with Crippen molar-refractivity contribution in [2.45, 2.75) is 39.5 Å². The van der Waals surface area contributed by atoms with Gasteiger partial charge in [0.25, 0.3) is 0 Å². The second kappa shape index (κ2) is 5.87. The Hall–Kier alpha value is -1.06. The lowest BCUT2D eigenvalue weighted by Gasteiger charge is -2.27. The van der Waals surface area contributed by atoms with Gasteiger partial charge in [-0.2, -0.15) is 0 Å². The van der Waals surface area contributed by atoms with Gasteiger partial charge in [-0.3, -0.25) is 9.59 Å². The van der Waals surface area contributed by atoms with Gasteiger partial charge in [-0.05, 0) is 18.8 Å². The van der Waals surface area contributed by atoms with Crippen LogP contribution in [0.4, 0.5) is 0 Å². The van der Waals surface area contributed by atoms with E-state index in [2.05, 4.69) is 5.32 Å². The lowest BCUT2D eigenvalue weighted by molar-refractivity contribution is -0.148. The van der Waals surface area contributed by atoms with Crippen LogP contribution in [0, 0.1) is 17.8 Å². The average molecular weight is 227 g/mol. The summed E-state index contributed by atoms with van der Waals surface area (Å²) in [6, 6.07) is 0. The van der Waals surface area contributed by atoms with Crippen LogP contribution in [-0.4, -0.2) is 23.5 Å². The molecule has 1 amide bonds. The number of hydrogen-bond acceptors (Lipinski definition) is 2. The fourth-order valence-electron chi connectivity index (χ4n) is 2.18.